The van der Waals surface area contributed by atoms with Crippen LogP contribution in [0, 0.1) is 0 Å². The summed E-state index contributed by atoms with van der Waals surface area (Å²) in [6, 6.07) is 53.9. The fourth-order valence-electron chi connectivity index (χ4n) is 6.91. The smallest absolute Gasteiger partial charge is 0.228 e. The maximum atomic E-state index is 6.53. The molecule has 5 heteroatoms. The van der Waals surface area contributed by atoms with Crippen LogP contribution in [0.1, 0.15) is 0 Å². The van der Waals surface area contributed by atoms with E-state index in [2.05, 4.69) is 102 Å². The number of rotatable bonds is 5. The Bertz CT molecular complexity index is 2760. The molecule has 0 aliphatic heterocycles. The van der Waals surface area contributed by atoms with Gasteiger partial charge in [0.05, 0.1) is 11.1 Å². The molecule has 0 fully saturated rings. The Labute approximate surface area is 274 Å². The molecule has 10 aromatic rings. The lowest BCUT2D eigenvalue weighted by atomic mass is 10.0. The zero-order valence-corrected chi connectivity index (χ0v) is 25.6. The van der Waals surface area contributed by atoms with Crippen LogP contribution in [0.5, 0.6) is 0 Å². The second-order valence-corrected chi connectivity index (χ2v) is 11.9. The number of hydrogen-bond acceptors (Lipinski definition) is 5. The van der Waals surface area contributed by atoms with Crippen LogP contribution >= 0.6 is 0 Å². The van der Waals surface area contributed by atoms with Gasteiger partial charge in [0, 0.05) is 33.1 Å². The van der Waals surface area contributed by atoms with Crippen molar-refractivity contribution in [1.29, 1.82) is 0 Å². The number of furan rings is 2. The molecule has 10 rings (SSSR count). The highest BCUT2D eigenvalue weighted by Gasteiger charge is 2.23. The molecule has 3 aromatic heterocycles. The quantitative estimate of drug-likeness (QED) is 0.192. The molecular weight excluding hydrogens is 592 g/mol. The molecule has 226 valence electrons. The van der Waals surface area contributed by atoms with Crippen LogP contribution in [0.3, 0.4) is 0 Å². The summed E-state index contributed by atoms with van der Waals surface area (Å²) in [5.74, 6) is 0.560. The minimum Gasteiger partial charge on any atom is -0.456 e. The normalized spacial score (nSPS) is 11.8. The molecule has 0 N–H and O–H groups in total. The van der Waals surface area contributed by atoms with E-state index < -0.39 is 0 Å². The minimum absolute atomic E-state index is 0.560. The standard InChI is InChI=1S/C43H26N2O3/c1-2-10-27(11-3-1)28-20-22-29(23-21-28)45(30-24-25-37-33(26-30)31-12-4-6-16-36(31)46-37)35-15-9-19-40-42(35)41-32(13-8-18-39(41)47-40)43-44-34-14-5-7-17-38(34)48-43/h1-26H. The summed E-state index contributed by atoms with van der Waals surface area (Å²) in [5.41, 5.74) is 11.1. The van der Waals surface area contributed by atoms with E-state index in [9.17, 15) is 0 Å². The maximum Gasteiger partial charge on any atom is 0.228 e. The van der Waals surface area contributed by atoms with Gasteiger partial charge in [-0.15, -0.1) is 0 Å². The van der Waals surface area contributed by atoms with E-state index >= 15 is 0 Å². The largest absolute Gasteiger partial charge is 0.456 e. The van der Waals surface area contributed by atoms with Gasteiger partial charge in [0.15, 0.2) is 5.58 Å². The first-order chi connectivity index (χ1) is 23.8. The van der Waals surface area contributed by atoms with E-state index in [-0.39, 0.29) is 0 Å². The number of nitrogens with zero attached hydrogens (tertiary/aromatic N) is 2. The third-order valence-corrected chi connectivity index (χ3v) is 9.12. The monoisotopic (exact) mass is 618 g/mol. The van der Waals surface area contributed by atoms with Crippen LogP contribution in [-0.2, 0) is 0 Å². The number of oxazole rings is 1. The number of aromatic nitrogens is 1. The summed E-state index contributed by atoms with van der Waals surface area (Å²) in [6.45, 7) is 0. The Morgan fingerprint density at radius 2 is 1.06 bits per heavy atom. The fourth-order valence-corrected chi connectivity index (χ4v) is 6.91. The van der Waals surface area contributed by atoms with Gasteiger partial charge in [-0.2, -0.15) is 0 Å². The third kappa shape index (κ3) is 4.15. The van der Waals surface area contributed by atoms with Crippen LogP contribution in [0.2, 0.25) is 0 Å². The zero-order valence-electron chi connectivity index (χ0n) is 25.6. The molecule has 48 heavy (non-hydrogen) atoms. The fraction of sp³-hybridized carbons (Fsp3) is 0. The highest BCUT2D eigenvalue weighted by atomic mass is 16.4. The molecule has 0 saturated heterocycles. The van der Waals surface area contributed by atoms with Crippen molar-refractivity contribution in [3.05, 3.63) is 158 Å². The topological polar surface area (TPSA) is 55.6 Å². The minimum atomic E-state index is 0.560. The molecule has 0 amide bonds. The molecule has 0 spiro atoms. The molecule has 0 saturated carbocycles. The summed E-state index contributed by atoms with van der Waals surface area (Å²) in [7, 11) is 0. The van der Waals surface area contributed by atoms with E-state index in [1.54, 1.807) is 0 Å². The van der Waals surface area contributed by atoms with E-state index in [0.29, 0.717) is 5.89 Å². The van der Waals surface area contributed by atoms with Gasteiger partial charge in [-0.05, 0) is 83.9 Å². The molecule has 0 atom stereocenters. The van der Waals surface area contributed by atoms with E-state index in [1.807, 2.05) is 60.7 Å². The number of anilines is 3. The van der Waals surface area contributed by atoms with Crippen molar-refractivity contribution < 1.29 is 13.3 Å². The second kappa shape index (κ2) is 10.5. The lowest BCUT2D eigenvalue weighted by Crippen LogP contribution is -2.10. The predicted octanol–water partition coefficient (Wildman–Crippen LogP) is 12.4. The SMILES string of the molecule is c1ccc(-c2ccc(N(c3ccc4oc5ccccc5c4c3)c3cccc4oc5cccc(-c6nc7ccccc7o6)c5c34)cc2)cc1. The Hall–Kier alpha value is -6.59. The van der Waals surface area contributed by atoms with Gasteiger partial charge in [-0.25, -0.2) is 4.98 Å². The van der Waals surface area contributed by atoms with Gasteiger partial charge in [-0.3, -0.25) is 0 Å². The molecule has 0 radical (unpaired) electrons. The van der Waals surface area contributed by atoms with Gasteiger partial charge in [0.1, 0.15) is 27.8 Å². The average molecular weight is 619 g/mol. The third-order valence-electron chi connectivity index (χ3n) is 9.12. The van der Waals surface area contributed by atoms with Gasteiger partial charge in [0.2, 0.25) is 5.89 Å². The van der Waals surface area contributed by atoms with Crippen molar-refractivity contribution in [2.24, 2.45) is 0 Å². The summed E-state index contributed by atoms with van der Waals surface area (Å²) in [6.07, 6.45) is 0. The van der Waals surface area contributed by atoms with Crippen LogP contribution in [0.15, 0.2) is 171 Å². The number of fused-ring (bicyclic) bond motifs is 7. The molecule has 0 bridgehead atoms. The molecule has 7 aromatic carbocycles. The van der Waals surface area contributed by atoms with Crippen LogP contribution in [0.4, 0.5) is 17.1 Å². The van der Waals surface area contributed by atoms with E-state index in [1.165, 1.54) is 5.56 Å². The predicted molar refractivity (Wildman–Crippen MR) is 194 cm³/mol. The Balaban J connectivity index is 1.24. The Morgan fingerprint density at radius 1 is 0.417 bits per heavy atom. The van der Waals surface area contributed by atoms with Crippen molar-refractivity contribution in [3.8, 4) is 22.6 Å². The summed E-state index contributed by atoms with van der Waals surface area (Å²) >= 11 is 0. The van der Waals surface area contributed by atoms with Crippen molar-refractivity contribution in [1.82, 2.24) is 4.98 Å². The lowest BCUT2D eigenvalue weighted by Gasteiger charge is -2.26. The highest BCUT2D eigenvalue weighted by Crippen LogP contribution is 2.46. The van der Waals surface area contributed by atoms with Crippen molar-refractivity contribution >= 4 is 72.0 Å². The Kier molecular flexibility index (Phi) is 5.81. The zero-order chi connectivity index (χ0) is 31.6. The van der Waals surface area contributed by atoms with Gasteiger partial charge >= 0.3 is 0 Å². The summed E-state index contributed by atoms with van der Waals surface area (Å²) < 4.78 is 19.1. The van der Waals surface area contributed by atoms with Gasteiger partial charge in [-0.1, -0.05) is 84.9 Å². The average Bonchev–Trinajstić information content (AvgIpc) is 3.86. The first-order valence-corrected chi connectivity index (χ1v) is 16.0. The molecule has 0 unspecified atom stereocenters. The number of hydrogen-bond donors (Lipinski definition) is 0. The molecular formula is C43H26N2O3. The van der Waals surface area contributed by atoms with Gasteiger partial charge in [0.25, 0.3) is 0 Å². The van der Waals surface area contributed by atoms with E-state index in [4.69, 9.17) is 18.2 Å². The summed E-state index contributed by atoms with van der Waals surface area (Å²) in [5, 5.41) is 4.08. The summed E-state index contributed by atoms with van der Waals surface area (Å²) in [4.78, 5) is 7.18. The number of benzene rings is 7. The van der Waals surface area contributed by atoms with Crippen molar-refractivity contribution in [3.63, 3.8) is 0 Å². The van der Waals surface area contributed by atoms with Crippen LogP contribution in [-0.4, -0.2) is 4.98 Å². The first-order valence-electron chi connectivity index (χ1n) is 16.0. The van der Waals surface area contributed by atoms with Crippen molar-refractivity contribution in [2.75, 3.05) is 4.90 Å². The van der Waals surface area contributed by atoms with Crippen LogP contribution < -0.4 is 4.90 Å². The first kappa shape index (κ1) is 26.6. The molecule has 5 nitrogen and oxygen atoms in total. The van der Waals surface area contributed by atoms with Crippen LogP contribution in [0.25, 0.3) is 77.6 Å². The number of para-hydroxylation sites is 3. The second-order valence-electron chi connectivity index (χ2n) is 11.9. The Morgan fingerprint density at radius 3 is 1.92 bits per heavy atom. The van der Waals surface area contributed by atoms with Crippen molar-refractivity contribution in [2.45, 2.75) is 0 Å². The molecule has 0 aliphatic carbocycles. The van der Waals surface area contributed by atoms with E-state index in [0.717, 1.165) is 83.2 Å². The molecule has 0 aliphatic rings. The maximum absolute atomic E-state index is 6.53. The molecule has 3 heterocycles. The van der Waals surface area contributed by atoms with Gasteiger partial charge < -0.3 is 18.2 Å². The lowest BCUT2D eigenvalue weighted by molar-refractivity contribution is 0.620. The highest BCUT2D eigenvalue weighted by molar-refractivity contribution is 6.18.